The summed E-state index contributed by atoms with van der Waals surface area (Å²) < 4.78 is 20.7. The number of furan rings is 2. The molecule has 8 heteroatoms. The van der Waals surface area contributed by atoms with E-state index in [-0.39, 0.29) is 0 Å². The topological polar surface area (TPSA) is 74.8 Å². The smallest absolute Gasteiger partial charge is 0.164 e. The third-order valence-corrected chi connectivity index (χ3v) is 18.0. The van der Waals surface area contributed by atoms with Crippen molar-refractivity contribution in [2.45, 2.75) is 0 Å². The summed E-state index contributed by atoms with van der Waals surface area (Å²) in [5.74, 6) is 1.66. The molecule has 0 N–H and O–H groups in total. The lowest BCUT2D eigenvalue weighted by Gasteiger charge is -2.10. The summed E-state index contributed by atoms with van der Waals surface area (Å²) in [6.45, 7) is 0. The zero-order valence-corrected chi connectivity index (χ0v) is 45.1. The van der Waals surface area contributed by atoms with Crippen molar-refractivity contribution in [1.29, 1.82) is 0 Å². The van der Waals surface area contributed by atoms with Crippen molar-refractivity contribution in [2.75, 3.05) is 0 Å². The van der Waals surface area contributed by atoms with Crippen LogP contribution in [0.3, 0.4) is 0 Å². The number of hydrogen-bond acceptors (Lipinski definition) is 6. The molecular formula is C75H43N5O2S. The van der Waals surface area contributed by atoms with Crippen molar-refractivity contribution in [1.82, 2.24) is 24.1 Å². The normalized spacial score (nSPS) is 12.1. The lowest BCUT2D eigenvalue weighted by molar-refractivity contribution is 0.668. The van der Waals surface area contributed by atoms with Crippen molar-refractivity contribution < 1.29 is 8.83 Å². The van der Waals surface area contributed by atoms with Crippen LogP contribution in [0.25, 0.3) is 175 Å². The van der Waals surface area contributed by atoms with E-state index in [0.29, 0.717) is 17.5 Å². The van der Waals surface area contributed by atoms with E-state index in [2.05, 4.69) is 228 Å². The first-order valence-electron chi connectivity index (χ1n) is 27.9. The Hall–Kier alpha value is -10.9. The van der Waals surface area contributed by atoms with Crippen LogP contribution in [-0.4, -0.2) is 24.1 Å². The van der Waals surface area contributed by atoms with Gasteiger partial charge in [-0.15, -0.1) is 11.3 Å². The molecule has 0 unspecified atom stereocenters. The first-order chi connectivity index (χ1) is 41.1. The maximum absolute atomic E-state index is 6.67. The van der Waals surface area contributed by atoms with Gasteiger partial charge in [-0.2, -0.15) is 0 Å². The highest BCUT2D eigenvalue weighted by atomic mass is 32.1. The van der Waals surface area contributed by atoms with E-state index in [4.69, 9.17) is 23.8 Å². The summed E-state index contributed by atoms with van der Waals surface area (Å²) in [7, 11) is 0. The van der Waals surface area contributed by atoms with Crippen LogP contribution >= 0.6 is 11.3 Å². The summed E-state index contributed by atoms with van der Waals surface area (Å²) in [5.41, 5.74) is 17.1. The van der Waals surface area contributed by atoms with Crippen LogP contribution in [0.2, 0.25) is 0 Å². The maximum atomic E-state index is 6.67. The highest BCUT2D eigenvalue weighted by molar-refractivity contribution is 7.26. The zero-order valence-electron chi connectivity index (χ0n) is 44.3. The van der Waals surface area contributed by atoms with Gasteiger partial charge in [0.2, 0.25) is 0 Å². The first-order valence-corrected chi connectivity index (χ1v) is 28.7. The molecule has 12 aromatic carbocycles. The van der Waals surface area contributed by atoms with Gasteiger partial charge in [0.15, 0.2) is 17.5 Å². The monoisotopic (exact) mass is 1080 g/mol. The molecular weight excluding hydrogens is 1030 g/mol. The van der Waals surface area contributed by atoms with E-state index in [1.54, 1.807) is 0 Å². The number of rotatable bonds is 7. The van der Waals surface area contributed by atoms with Crippen molar-refractivity contribution >= 4 is 119 Å². The molecule has 6 heterocycles. The van der Waals surface area contributed by atoms with Crippen molar-refractivity contribution in [3.05, 3.63) is 261 Å². The molecule has 18 rings (SSSR count). The number of nitrogens with zero attached hydrogens (tertiary/aromatic N) is 5. The molecule has 0 saturated carbocycles. The molecule has 0 spiro atoms. The standard InChI is InChI=1S/C75H43N5O2S/c1-3-15-44(16-4-1)73-76-74(48-30-35-55-60-43-50(33-38-66(60)82-69(55)42-48)80-62-25-10-7-19-52(62)53-20-8-11-26-63(53)80)78-75(77-73)58-24-14-27-68-71(58)61-40-46(32-37-67(61)81-68)45-31-36-64-59(39-45)54-34-29-47(41-65(54)79(64)49-17-5-2-6-18-49)51-22-13-23-57-56-21-9-12-28-70(56)83-72(51)57/h1-43H. The van der Waals surface area contributed by atoms with Crippen LogP contribution in [0.5, 0.6) is 0 Å². The minimum Gasteiger partial charge on any atom is -0.456 e. The van der Waals surface area contributed by atoms with Gasteiger partial charge >= 0.3 is 0 Å². The third-order valence-electron chi connectivity index (χ3n) is 16.8. The molecule has 0 aliphatic heterocycles. The van der Waals surface area contributed by atoms with Gasteiger partial charge in [0, 0.05) is 91.3 Å². The van der Waals surface area contributed by atoms with Crippen molar-refractivity contribution in [3.8, 4) is 67.8 Å². The van der Waals surface area contributed by atoms with Crippen LogP contribution in [0.1, 0.15) is 0 Å². The quantitative estimate of drug-likeness (QED) is 0.159. The van der Waals surface area contributed by atoms with Gasteiger partial charge in [0.05, 0.1) is 22.1 Å². The number of hydrogen-bond donors (Lipinski definition) is 0. The minimum atomic E-state index is 0.542. The molecule has 386 valence electrons. The molecule has 6 aromatic heterocycles. The van der Waals surface area contributed by atoms with Gasteiger partial charge in [-0.1, -0.05) is 164 Å². The number of benzene rings is 12. The van der Waals surface area contributed by atoms with Crippen molar-refractivity contribution in [2.24, 2.45) is 0 Å². The summed E-state index contributed by atoms with van der Waals surface area (Å²) in [5, 5.41) is 11.4. The largest absolute Gasteiger partial charge is 0.456 e. The molecule has 0 radical (unpaired) electrons. The van der Waals surface area contributed by atoms with Crippen LogP contribution in [0, 0.1) is 0 Å². The van der Waals surface area contributed by atoms with Gasteiger partial charge in [-0.25, -0.2) is 15.0 Å². The number of fused-ring (bicyclic) bond motifs is 15. The van der Waals surface area contributed by atoms with Gasteiger partial charge < -0.3 is 18.0 Å². The van der Waals surface area contributed by atoms with E-state index in [9.17, 15) is 0 Å². The Morgan fingerprint density at radius 2 is 0.855 bits per heavy atom. The van der Waals surface area contributed by atoms with Gasteiger partial charge in [-0.05, 0) is 119 Å². The predicted octanol–water partition coefficient (Wildman–Crippen LogP) is 20.6. The van der Waals surface area contributed by atoms with E-state index in [1.807, 2.05) is 53.8 Å². The fourth-order valence-electron chi connectivity index (χ4n) is 13.0. The number of aromatic nitrogens is 5. The van der Waals surface area contributed by atoms with Crippen LogP contribution < -0.4 is 0 Å². The maximum Gasteiger partial charge on any atom is 0.164 e. The third kappa shape index (κ3) is 7.06. The fourth-order valence-corrected chi connectivity index (χ4v) is 14.2. The summed E-state index contributed by atoms with van der Waals surface area (Å²) in [6.07, 6.45) is 0. The molecule has 0 saturated heterocycles. The van der Waals surface area contributed by atoms with E-state index in [1.165, 1.54) is 52.8 Å². The molecule has 7 nitrogen and oxygen atoms in total. The second-order valence-corrected chi connectivity index (χ2v) is 22.5. The second-order valence-electron chi connectivity index (χ2n) is 21.4. The highest BCUT2D eigenvalue weighted by Crippen LogP contribution is 2.45. The minimum absolute atomic E-state index is 0.542. The second kappa shape index (κ2) is 17.8. The zero-order chi connectivity index (χ0) is 54.3. The summed E-state index contributed by atoms with van der Waals surface area (Å²) >= 11 is 1.87. The van der Waals surface area contributed by atoms with Crippen molar-refractivity contribution in [3.63, 3.8) is 0 Å². The lowest BCUT2D eigenvalue weighted by atomic mass is 9.98. The molecule has 0 fully saturated rings. The van der Waals surface area contributed by atoms with Gasteiger partial charge in [0.25, 0.3) is 0 Å². The fraction of sp³-hybridized carbons (Fsp3) is 0. The Bertz CT molecular complexity index is 5660. The Balaban J connectivity index is 0.759. The Morgan fingerprint density at radius 1 is 0.277 bits per heavy atom. The van der Waals surface area contributed by atoms with Crippen LogP contribution in [0.4, 0.5) is 0 Å². The summed E-state index contributed by atoms with van der Waals surface area (Å²) in [6, 6.07) is 92.7. The van der Waals surface area contributed by atoms with Crippen LogP contribution in [0.15, 0.2) is 270 Å². The molecule has 83 heavy (non-hydrogen) atoms. The van der Waals surface area contributed by atoms with E-state index < -0.39 is 0 Å². The molecule has 0 aliphatic rings. The van der Waals surface area contributed by atoms with Gasteiger partial charge in [-0.3, -0.25) is 0 Å². The molecule has 0 atom stereocenters. The van der Waals surface area contributed by atoms with E-state index >= 15 is 0 Å². The first kappa shape index (κ1) is 45.9. The average molecular weight is 1080 g/mol. The Labute approximate surface area is 477 Å². The number of para-hydroxylation sites is 3. The highest BCUT2D eigenvalue weighted by Gasteiger charge is 2.22. The molecule has 0 amide bonds. The number of thiophene rings is 1. The van der Waals surface area contributed by atoms with E-state index in [0.717, 1.165) is 105 Å². The summed E-state index contributed by atoms with van der Waals surface area (Å²) in [4.78, 5) is 15.7. The molecule has 0 bridgehead atoms. The SMILES string of the molecule is c1ccc(-c2nc(-c3ccc4c(c3)oc3ccc(-n5c6ccccc6c6ccccc65)cc34)nc(-c3cccc4oc5ccc(-c6ccc7c(c6)c6ccc(-c8cccc9c8sc8ccccc89)cc6n7-c6ccccc6)cc5c34)n2)cc1. The van der Waals surface area contributed by atoms with Gasteiger partial charge in [0.1, 0.15) is 22.3 Å². The Kier molecular flexibility index (Phi) is 9.83. The lowest BCUT2D eigenvalue weighted by Crippen LogP contribution is -2.00. The molecule has 0 aliphatic carbocycles. The predicted molar refractivity (Wildman–Crippen MR) is 343 cm³/mol. The Morgan fingerprint density at radius 3 is 1.69 bits per heavy atom. The molecule has 18 aromatic rings. The average Bonchev–Trinajstić information content (AvgIpc) is 4.06. The van der Waals surface area contributed by atoms with Crippen LogP contribution in [-0.2, 0) is 0 Å².